The van der Waals surface area contributed by atoms with Gasteiger partial charge in [-0.1, -0.05) is 0 Å². The third-order valence-electron chi connectivity index (χ3n) is 1.65. The minimum Gasteiger partial charge on any atom is -1.00 e. The Bertz CT molecular complexity index is 213. The van der Waals surface area contributed by atoms with E-state index in [2.05, 4.69) is 40.5 Å². The molecule has 1 heterocycles. The van der Waals surface area contributed by atoms with E-state index in [1.54, 1.807) is 0 Å². The molecule has 1 aromatic rings. The van der Waals surface area contributed by atoms with Crippen molar-refractivity contribution in [3.05, 3.63) is 18.7 Å². The summed E-state index contributed by atoms with van der Waals surface area (Å²) in [5.41, 5.74) is 0. The van der Waals surface area contributed by atoms with E-state index in [1.807, 2.05) is 7.05 Å². The number of unbranched alkanes of at least 4 members (excludes halogenated alkanes) is 1. The zero-order valence-electron chi connectivity index (χ0n) is 7.28. The molecule has 0 unspecified atom stereocenters. The van der Waals surface area contributed by atoms with Crippen LogP contribution in [0.2, 0.25) is 0 Å². The number of imidazole rings is 1. The minimum atomic E-state index is 0. The van der Waals surface area contributed by atoms with Gasteiger partial charge in [0.25, 0.3) is 0 Å². The molecule has 0 fully saturated rings. The lowest BCUT2D eigenvalue weighted by Crippen LogP contribution is -3.00. The molecule has 0 spiro atoms. The Morgan fingerprint density at radius 1 is 1.42 bits per heavy atom. The third-order valence-corrected chi connectivity index (χ3v) is 1.96. The van der Waals surface area contributed by atoms with Gasteiger partial charge in [0.15, 0.2) is 0 Å². The molecular formula is C8H15BrN2S. The maximum absolute atomic E-state index is 4.16. The van der Waals surface area contributed by atoms with E-state index in [1.165, 1.54) is 12.8 Å². The smallest absolute Gasteiger partial charge is 0.243 e. The Labute approximate surface area is 89.8 Å². The van der Waals surface area contributed by atoms with Crippen molar-refractivity contribution in [2.24, 2.45) is 7.05 Å². The second-order valence-corrected chi connectivity index (χ2v) is 3.19. The number of halogens is 1. The molecule has 0 atom stereocenters. The Morgan fingerprint density at radius 3 is 2.67 bits per heavy atom. The predicted octanol–water partition coefficient (Wildman–Crippen LogP) is -1.97. The Balaban J connectivity index is 0.00000121. The molecule has 0 aliphatic carbocycles. The molecule has 4 heteroatoms. The van der Waals surface area contributed by atoms with Crippen molar-refractivity contribution >= 4 is 12.6 Å². The van der Waals surface area contributed by atoms with Gasteiger partial charge in [-0.15, -0.1) is 0 Å². The summed E-state index contributed by atoms with van der Waals surface area (Å²) in [6.45, 7) is 1.11. The highest BCUT2D eigenvalue weighted by Gasteiger charge is 1.97. The molecule has 0 amide bonds. The van der Waals surface area contributed by atoms with E-state index < -0.39 is 0 Å². The summed E-state index contributed by atoms with van der Waals surface area (Å²) < 4.78 is 4.25. The Kier molecular flexibility index (Phi) is 6.57. The van der Waals surface area contributed by atoms with Crippen LogP contribution in [0.3, 0.4) is 0 Å². The van der Waals surface area contributed by atoms with Crippen LogP contribution in [0.25, 0.3) is 0 Å². The average molecular weight is 251 g/mol. The van der Waals surface area contributed by atoms with Gasteiger partial charge in [-0.2, -0.15) is 12.6 Å². The van der Waals surface area contributed by atoms with Crippen LogP contribution in [0.5, 0.6) is 0 Å². The molecule has 0 saturated carbocycles. The maximum atomic E-state index is 4.16. The predicted molar refractivity (Wildman–Crippen MR) is 48.7 cm³/mol. The second-order valence-electron chi connectivity index (χ2n) is 2.75. The summed E-state index contributed by atoms with van der Waals surface area (Å²) in [5, 5.41) is 0. The number of aryl methyl sites for hydroxylation is 2. The fraction of sp³-hybridized carbons (Fsp3) is 0.625. The largest absolute Gasteiger partial charge is 1.00 e. The van der Waals surface area contributed by atoms with Crippen molar-refractivity contribution in [2.45, 2.75) is 19.4 Å². The van der Waals surface area contributed by atoms with Gasteiger partial charge in [-0.25, -0.2) is 9.13 Å². The molecule has 2 nitrogen and oxygen atoms in total. The van der Waals surface area contributed by atoms with Gasteiger partial charge in [-0.05, 0) is 18.6 Å². The Morgan fingerprint density at radius 2 is 2.17 bits per heavy atom. The highest BCUT2D eigenvalue weighted by molar-refractivity contribution is 7.80. The van der Waals surface area contributed by atoms with E-state index in [9.17, 15) is 0 Å². The number of aromatic nitrogens is 2. The lowest BCUT2D eigenvalue weighted by atomic mass is 10.3. The van der Waals surface area contributed by atoms with E-state index in [4.69, 9.17) is 0 Å². The summed E-state index contributed by atoms with van der Waals surface area (Å²) in [4.78, 5) is 0. The quantitative estimate of drug-likeness (QED) is 0.361. The first kappa shape index (κ1) is 12.0. The first-order valence-corrected chi connectivity index (χ1v) is 4.58. The van der Waals surface area contributed by atoms with Crippen LogP contribution in [0.4, 0.5) is 0 Å². The fourth-order valence-corrected chi connectivity index (χ4v) is 1.26. The van der Waals surface area contributed by atoms with Crippen LogP contribution in [0.15, 0.2) is 18.7 Å². The van der Waals surface area contributed by atoms with Gasteiger partial charge < -0.3 is 17.0 Å². The van der Waals surface area contributed by atoms with Crippen molar-refractivity contribution < 1.29 is 21.5 Å². The van der Waals surface area contributed by atoms with Crippen LogP contribution in [-0.4, -0.2) is 10.3 Å². The van der Waals surface area contributed by atoms with Crippen LogP contribution in [0, 0.1) is 0 Å². The lowest BCUT2D eigenvalue weighted by Gasteiger charge is -1.93. The summed E-state index contributed by atoms with van der Waals surface area (Å²) in [7, 11) is 2.04. The standard InChI is InChI=1S/C8H14N2S.BrH/c1-9-5-6-10(8-9)4-2-3-7-11;/h5-6,8H,2-4,7H2,1H3;1H. The highest BCUT2D eigenvalue weighted by Crippen LogP contribution is 1.90. The molecule has 12 heavy (non-hydrogen) atoms. The monoisotopic (exact) mass is 250 g/mol. The summed E-state index contributed by atoms with van der Waals surface area (Å²) in [5.74, 6) is 0.993. The third kappa shape index (κ3) is 4.16. The second kappa shape index (κ2) is 6.54. The fourth-order valence-electron chi connectivity index (χ4n) is 1.04. The average Bonchev–Trinajstić information content (AvgIpc) is 2.37. The SMILES string of the molecule is Cn1cc[n+](CCCCS)c1.[Br-]. The topological polar surface area (TPSA) is 8.81 Å². The summed E-state index contributed by atoms with van der Waals surface area (Å²) in [6, 6.07) is 0. The zero-order valence-corrected chi connectivity index (χ0v) is 9.76. The molecule has 1 rings (SSSR count). The van der Waals surface area contributed by atoms with Crippen molar-refractivity contribution in [2.75, 3.05) is 5.75 Å². The molecule has 0 aliphatic heterocycles. The number of hydrogen-bond donors (Lipinski definition) is 1. The van der Waals surface area contributed by atoms with Gasteiger partial charge in [0.05, 0.1) is 13.6 Å². The van der Waals surface area contributed by atoms with Crippen LogP contribution in [-0.2, 0) is 13.6 Å². The number of nitrogens with zero attached hydrogens (tertiary/aromatic N) is 2. The maximum Gasteiger partial charge on any atom is 0.243 e. The van der Waals surface area contributed by atoms with Crippen LogP contribution in [0.1, 0.15) is 12.8 Å². The molecule has 70 valence electrons. The highest BCUT2D eigenvalue weighted by atomic mass is 79.9. The van der Waals surface area contributed by atoms with Crippen molar-refractivity contribution in [3.63, 3.8) is 0 Å². The number of hydrogen-bond acceptors (Lipinski definition) is 1. The molecule has 0 aromatic carbocycles. The molecule has 1 aromatic heterocycles. The van der Waals surface area contributed by atoms with Gasteiger partial charge >= 0.3 is 0 Å². The summed E-state index contributed by atoms with van der Waals surface area (Å²) >= 11 is 4.16. The first-order chi connectivity index (χ1) is 5.33. The molecular weight excluding hydrogens is 236 g/mol. The van der Waals surface area contributed by atoms with E-state index in [0.29, 0.717) is 0 Å². The number of thiol groups is 1. The minimum absolute atomic E-state index is 0. The van der Waals surface area contributed by atoms with E-state index in [0.717, 1.165) is 12.3 Å². The van der Waals surface area contributed by atoms with Crippen LogP contribution >= 0.6 is 12.6 Å². The molecule has 0 radical (unpaired) electrons. The van der Waals surface area contributed by atoms with Crippen LogP contribution < -0.4 is 21.5 Å². The Hall–Kier alpha value is 0.0400. The van der Waals surface area contributed by atoms with E-state index >= 15 is 0 Å². The first-order valence-electron chi connectivity index (χ1n) is 3.95. The molecule has 0 aliphatic rings. The molecule has 0 saturated heterocycles. The van der Waals surface area contributed by atoms with Gasteiger partial charge in [0.2, 0.25) is 6.33 Å². The number of rotatable bonds is 4. The van der Waals surface area contributed by atoms with Crippen molar-refractivity contribution in [1.82, 2.24) is 4.57 Å². The summed E-state index contributed by atoms with van der Waals surface area (Å²) in [6.07, 6.45) is 8.67. The lowest BCUT2D eigenvalue weighted by molar-refractivity contribution is -0.696. The molecule has 0 N–H and O–H groups in total. The van der Waals surface area contributed by atoms with Crippen molar-refractivity contribution in [3.8, 4) is 0 Å². The normalized spacial score (nSPS) is 9.50. The van der Waals surface area contributed by atoms with Gasteiger partial charge in [0.1, 0.15) is 12.4 Å². The van der Waals surface area contributed by atoms with Gasteiger partial charge in [-0.3, -0.25) is 0 Å². The van der Waals surface area contributed by atoms with Crippen molar-refractivity contribution in [1.29, 1.82) is 0 Å². The molecule has 0 bridgehead atoms. The van der Waals surface area contributed by atoms with E-state index in [-0.39, 0.29) is 17.0 Å². The van der Waals surface area contributed by atoms with Gasteiger partial charge in [0, 0.05) is 0 Å². The zero-order chi connectivity index (χ0) is 8.10.